The fourth-order valence-electron chi connectivity index (χ4n) is 1.76. The molecule has 0 saturated heterocycles. The van der Waals surface area contributed by atoms with Gasteiger partial charge in [-0.15, -0.1) is 0 Å². The standard InChI is InChI=1S/C12H17BrClNOSi/c1-5-15-12(16)10-9(14)7-6-8(13)11(10)17(2,3)4/h6-7H,5H2,1-4H3,(H,15,16). The molecule has 0 saturated carbocycles. The second-order valence-corrected chi connectivity index (χ2v) is 11.2. The summed E-state index contributed by atoms with van der Waals surface area (Å²) in [6, 6.07) is 3.68. The average molecular weight is 335 g/mol. The molecule has 0 unspecified atom stereocenters. The zero-order chi connectivity index (χ0) is 13.2. The summed E-state index contributed by atoms with van der Waals surface area (Å²) < 4.78 is 0.974. The summed E-state index contributed by atoms with van der Waals surface area (Å²) in [7, 11) is -1.64. The number of amides is 1. The van der Waals surface area contributed by atoms with E-state index in [0.717, 1.165) is 9.66 Å². The Kier molecular flexibility index (Phi) is 4.81. The van der Waals surface area contributed by atoms with Crippen LogP contribution in [0.25, 0.3) is 0 Å². The summed E-state index contributed by atoms with van der Waals surface area (Å²) in [5.41, 5.74) is 0.627. The maximum atomic E-state index is 12.1. The van der Waals surface area contributed by atoms with Crippen LogP contribution in [0.3, 0.4) is 0 Å². The lowest BCUT2D eigenvalue weighted by molar-refractivity contribution is 0.0957. The van der Waals surface area contributed by atoms with E-state index in [1.807, 2.05) is 13.0 Å². The maximum absolute atomic E-state index is 12.1. The molecule has 0 radical (unpaired) electrons. The van der Waals surface area contributed by atoms with Gasteiger partial charge in [-0.05, 0) is 24.2 Å². The molecule has 0 aromatic heterocycles. The molecule has 0 aliphatic rings. The molecule has 2 nitrogen and oxygen atoms in total. The van der Waals surface area contributed by atoms with Crippen molar-refractivity contribution in [1.82, 2.24) is 5.32 Å². The predicted octanol–water partition coefficient (Wildman–Crippen LogP) is 3.40. The highest BCUT2D eigenvalue weighted by atomic mass is 79.9. The minimum absolute atomic E-state index is 0.0868. The van der Waals surface area contributed by atoms with Gasteiger partial charge in [0.05, 0.1) is 18.7 Å². The molecule has 0 heterocycles. The van der Waals surface area contributed by atoms with E-state index in [1.54, 1.807) is 6.07 Å². The number of benzene rings is 1. The van der Waals surface area contributed by atoms with Gasteiger partial charge in [-0.1, -0.05) is 47.2 Å². The molecular formula is C12H17BrClNOSi. The molecule has 94 valence electrons. The zero-order valence-corrected chi connectivity index (χ0v) is 13.9. The van der Waals surface area contributed by atoms with Crippen LogP contribution in [0.15, 0.2) is 16.6 Å². The van der Waals surface area contributed by atoms with Gasteiger partial charge >= 0.3 is 0 Å². The minimum atomic E-state index is -1.64. The van der Waals surface area contributed by atoms with Gasteiger partial charge in [-0.2, -0.15) is 0 Å². The van der Waals surface area contributed by atoms with Gasteiger partial charge in [0.2, 0.25) is 0 Å². The van der Waals surface area contributed by atoms with Crippen molar-refractivity contribution in [3.63, 3.8) is 0 Å². The van der Waals surface area contributed by atoms with E-state index >= 15 is 0 Å². The summed E-state index contributed by atoms with van der Waals surface area (Å²) in [4.78, 5) is 12.1. The molecule has 1 aromatic carbocycles. The normalized spacial score (nSPS) is 11.4. The third kappa shape index (κ3) is 3.33. The molecule has 1 amide bonds. The zero-order valence-electron chi connectivity index (χ0n) is 10.5. The van der Waals surface area contributed by atoms with Crippen LogP contribution in [-0.4, -0.2) is 20.5 Å². The molecular weight excluding hydrogens is 318 g/mol. The second kappa shape index (κ2) is 5.55. The van der Waals surface area contributed by atoms with Crippen molar-refractivity contribution in [1.29, 1.82) is 0 Å². The topological polar surface area (TPSA) is 29.1 Å². The van der Waals surface area contributed by atoms with Gasteiger partial charge in [0, 0.05) is 11.0 Å². The van der Waals surface area contributed by atoms with E-state index in [4.69, 9.17) is 11.6 Å². The van der Waals surface area contributed by atoms with E-state index in [9.17, 15) is 4.79 Å². The Hall–Kier alpha value is -0.323. The lowest BCUT2D eigenvalue weighted by Gasteiger charge is -2.23. The van der Waals surface area contributed by atoms with Crippen LogP contribution in [0.1, 0.15) is 17.3 Å². The van der Waals surface area contributed by atoms with Gasteiger partial charge in [-0.25, -0.2) is 0 Å². The highest BCUT2D eigenvalue weighted by Crippen LogP contribution is 2.23. The van der Waals surface area contributed by atoms with E-state index in [2.05, 4.69) is 40.9 Å². The average Bonchev–Trinajstić information content (AvgIpc) is 2.19. The number of halogens is 2. The Labute approximate surface area is 117 Å². The van der Waals surface area contributed by atoms with Crippen molar-refractivity contribution in [3.05, 3.63) is 27.2 Å². The van der Waals surface area contributed by atoms with Crippen LogP contribution < -0.4 is 10.5 Å². The Balaban J connectivity index is 3.46. The fourth-order valence-corrected chi connectivity index (χ4v) is 5.99. The third-order valence-corrected chi connectivity index (χ3v) is 5.78. The van der Waals surface area contributed by atoms with Crippen molar-refractivity contribution in [3.8, 4) is 0 Å². The Morgan fingerprint density at radius 1 is 1.41 bits per heavy atom. The molecule has 0 fully saturated rings. The number of rotatable bonds is 3. The smallest absolute Gasteiger partial charge is 0.252 e. The largest absolute Gasteiger partial charge is 0.352 e. The maximum Gasteiger partial charge on any atom is 0.252 e. The molecule has 0 bridgehead atoms. The first-order valence-corrected chi connectivity index (χ1v) is 10.2. The molecule has 1 N–H and O–H groups in total. The predicted molar refractivity (Wildman–Crippen MR) is 80.1 cm³/mol. The Morgan fingerprint density at radius 2 is 2.00 bits per heavy atom. The lowest BCUT2D eigenvalue weighted by atomic mass is 10.2. The molecule has 0 aliphatic heterocycles. The third-order valence-electron chi connectivity index (χ3n) is 2.42. The van der Waals surface area contributed by atoms with Crippen molar-refractivity contribution < 1.29 is 4.79 Å². The highest BCUT2D eigenvalue weighted by Gasteiger charge is 2.27. The SMILES string of the molecule is CCNC(=O)c1c(Cl)ccc(Br)c1[Si](C)(C)C. The van der Waals surface area contributed by atoms with Gasteiger partial charge in [0.25, 0.3) is 5.91 Å². The van der Waals surface area contributed by atoms with Crippen LogP contribution >= 0.6 is 27.5 Å². The summed E-state index contributed by atoms with van der Waals surface area (Å²) in [5.74, 6) is -0.0868. The quantitative estimate of drug-likeness (QED) is 0.843. The van der Waals surface area contributed by atoms with Gasteiger partial charge in [0.1, 0.15) is 0 Å². The number of hydrogen-bond donors (Lipinski definition) is 1. The molecule has 0 aliphatic carbocycles. The van der Waals surface area contributed by atoms with Crippen LogP contribution in [0.4, 0.5) is 0 Å². The van der Waals surface area contributed by atoms with Gasteiger partial charge in [0.15, 0.2) is 0 Å². The first-order valence-electron chi connectivity index (χ1n) is 5.55. The number of nitrogens with one attached hydrogen (secondary N) is 1. The van der Waals surface area contributed by atoms with E-state index < -0.39 is 8.07 Å². The first kappa shape index (κ1) is 14.7. The van der Waals surface area contributed by atoms with Crippen LogP contribution in [0.2, 0.25) is 24.7 Å². The van der Waals surface area contributed by atoms with Gasteiger partial charge < -0.3 is 5.32 Å². The number of carbonyl (C=O) groups is 1. The number of hydrogen-bond acceptors (Lipinski definition) is 1. The number of carbonyl (C=O) groups excluding carboxylic acids is 1. The van der Waals surface area contributed by atoms with Crippen LogP contribution in [0.5, 0.6) is 0 Å². The molecule has 0 spiro atoms. The van der Waals surface area contributed by atoms with Crippen molar-refractivity contribution in [2.75, 3.05) is 6.54 Å². The van der Waals surface area contributed by atoms with Crippen molar-refractivity contribution in [2.24, 2.45) is 0 Å². The Bertz CT molecular complexity index is 443. The molecule has 0 atom stereocenters. The van der Waals surface area contributed by atoms with E-state index in [1.165, 1.54) is 0 Å². The van der Waals surface area contributed by atoms with Crippen LogP contribution in [0, 0.1) is 0 Å². The molecule has 17 heavy (non-hydrogen) atoms. The fraction of sp³-hybridized carbons (Fsp3) is 0.417. The molecule has 1 aromatic rings. The lowest BCUT2D eigenvalue weighted by Crippen LogP contribution is -2.44. The summed E-state index contributed by atoms with van der Waals surface area (Å²) in [5, 5.41) is 4.42. The van der Waals surface area contributed by atoms with Crippen molar-refractivity contribution >= 4 is 46.7 Å². The van der Waals surface area contributed by atoms with E-state index in [0.29, 0.717) is 17.1 Å². The summed E-state index contributed by atoms with van der Waals surface area (Å²) in [6.07, 6.45) is 0. The molecule has 5 heteroatoms. The van der Waals surface area contributed by atoms with Crippen LogP contribution in [-0.2, 0) is 0 Å². The monoisotopic (exact) mass is 333 g/mol. The highest BCUT2D eigenvalue weighted by molar-refractivity contribution is 9.10. The van der Waals surface area contributed by atoms with Gasteiger partial charge in [-0.3, -0.25) is 4.79 Å². The van der Waals surface area contributed by atoms with E-state index in [-0.39, 0.29) is 5.91 Å². The summed E-state index contributed by atoms with van der Waals surface area (Å²) in [6.45, 7) is 9.11. The Morgan fingerprint density at radius 3 is 2.47 bits per heavy atom. The molecule has 1 rings (SSSR count). The minimum Gasteiger partial charge on any atom is -0.352 e. The summed E-state index contributed by atoms with van der Waals surface area (Å²) >= 11 is 9.71. The van der Waals surface area contributed by atoms with Crippen molar-refractivity contribution in [2.45, 2.75) is 26.6 Å². The first-order chi connectivity index (χ1) is 7.79. The second-order valence-electron chi connectivity index (χ2n) is 4.89.